The van der Waals surface area contributed by atoms with Crippen molar-refractivity contribution in [3.05, 3.63) is 42.2 Å². The number of carbonyl (C=O) groups excluding carboxylic acids is 2. The fraction of sp³-hybridized carbons (Fsp3) is 0.353. The number of hydrogen-bond acceptors (Lipinski definition) is 4. The van der Waals surface area contributed by atoms with E-state index < -0.39 is 17.4 Å². The van der Waals surface area contributed by atoms with Gasteiger partial charge >= 0.3 is 0 Å². The fourth-order valence-electron chi connectivity index (χ4n) is 2.15. The molecule has 0 spiro atoms. The Bertz CT molecular complexity index is 729. The van der Waals surface area contributed by atoms with Crippen LogP contribution in [-0.4, -0.2) is 26.8 Å². The van der Waals surface area contributed by atoms with Crippen LogP contribution in [0, 0.1) is 5.41 Å². The van der Waals surface area contributed by atoms with Crippen molar-refractivity contribution in [2.24, 2.45) is 12.5 Å². The number of rotatable bonds is 4. The summed E-state index contributed by atoms with van der Waals surface area (Å²) in [5.41, 5.74) is 3.42. The molecule has 2 aromatic rings. The fourth-order valence-corrected chi connectivity index (χ4v) is 2.15. The van der Waals surface area contributed by atoms with Gasteiger partial charge in [-0.1, -0.05) is 45.0 Å². The van der Waals surface area contributed by atoms with Crippen LogP contribution in [0.4, 0.5) is 0 Å². The van der Waals surface area contributed by atoms with Crippen molar-refractivity contribution >= 4 is 11.8 Å². The molecule has 0 bridgehead atoms. The molecule has 0 saturated carbocycles. The second-order valence-electron chi connectivity index (χ2n) is 6.66. The summed E-state index contributed by atoms with van der Waals surface area (Å²) in [4.78, 5) is 24.1. The predicted octanol–water partition coefficient (Wildman–Crippen LogP) is 1.80. The van der Waals surface area contributed by atoms with Crippen molar-refractivity contribution in [2.75, 3.05) is 0 Å². The minimum absolute atomic E-state index is 0.285. The molecule has 0 radical (unpaired) electrons. The van der Waals surface area contributed by atoms with Crippen molar-refractivity contribution in [3.63, 3.8) is 0 Å². The highest BCUT2D eigenvalue weighted by Gasteiger charge is 2.28. The van der Waals surface area contributed by atoms with Gasteiger partial charge in [-0.2, -0.15) is 5.10 Å². The Morgan fingerprint density at radius 1 is 1.17 bits per heavy atom. The van der Waals surface area contributed by atoms with E-state index in [1.54, 1.807) is 49.3 Å². The average molecular weight is 330 g/mol. The first-order chi connectivity index (χ1) is 11.2. The lowest BCUT2D eigenvalue weighted by atomic mass is 9.94. The Morgan fingerprint density at radius 3 is 2.25 bits per heavy atom. The summed E-state index contributed by atoms with van der Waals surface area (Å²) in [6.45, 7) is 5.26. The maximum atomic E-state index is 12.2. The lowest BCUT2D eigenvalue weighted by molar-refractivity contribution is -0.137. The van der Waals surface area contributed by atoms with Gasteiger partial charge in [0.05, 0.1) is 6.20 Å². The van der Waals surface area contributed by atoms with E-state index >= 15 is 0 Å². The highest BCUT2D eigenvalue weighted by atomic mass is 16.5. The minimum atomic E-state index is -0.968. The number of aromatic nitrogens is 2. The molecule has 7 heteroatoms. The van der Waals surface area contributed by atoms with E-state index in [0.717, 1.165) is 11.1 Å². The number of carbonyl (C=O) groups is 2. The zero-order valence-corrected chi connectivity index (χ0v) is 14.2. The van der Waals surface area contributed by atoms with Crippen LogP contribution in [-0.2, 0) is 16.6 Å². The van der Waals surface area contributed by atoms with Crippen molar-refractivity contribution in [1.82, 2.24) is 20.6 Å². The Kier molecular flexibility index (Phi) is 5.04. The van der Waals surface area contributed by atoms with Crippen molar-refractivity contribution in [3.8, 4) is 11.1 Å². The number of nitrogens with zero attached hydrogens (tertiary/aromatic N) is 2. The van der Waals surface area contributed by atoms with Gasteiger partial charge in [0.15, 0.2) is 0 Å². The van der Waals surface area contributed by atoms with Crippen molar-refractivity contribution in [1.29, 1.82) is 0 Å². The van der Waals surface area contributed by atoms with Crippen LogP contribution in [0.5, 0.6) is 0 Å². The first-order valence-corrected chi connectivity index (χ1v) is 7.56. The van der Waals surface area contributed by atoms with Gasteiger partial charge in [-0.25, -0.2) is 5.48 Å². The third-order valence-electron chi connectivity index (χ3n) is 3.61. The van der Waals surface area contributed by atoms with Crippen LogP contribution in [0.2, 0.25) is 0 Å². The van der Waals surface area contributed by atoms with E-state index in [-0.39, 0.29) is 5.91 Å². The van der Waals surface area contributed by atoms with E-state index in [4.69, 9.17) is 5.21 Å². The number of benzene rings is 1. The van der Waals surface area contributed by atoms with Gasteiger partial charge in [-0.3, -0.25) is 19.5 Å². The molecule has 0 aliphatic rings. The molecule has 0 fully saturated rings. The van der Waals surface area contributed by atoms with Gasteiger partial charge in [-0.05, 0) is 11.1 Å². The van der Waals surface area contributed by atoms with E-state index in [2.05, 4.69) is 10.4 Å². The second kappa shape index (κ2) is 6.84. The summed E-state index contributed by atoms with van der Waals surface area (Å²) < 4.78 is 1.70. The molecule has 1 aromatic carbocycles. The number of aryl methyl sites for hydroxylation is 1. The first-order valence-electron chi connectivity index (χ1n) is 7.56. The molecule has 128 valence electrons. The summed E-state index contributed by atoms with van der Waals surface area (Å²) in [6.07, 6.45) is 3.63. The van der Waals surface area contributed by atoms with E-state index in [9.17, 15) is 9.59 Å². The van der Waals surface area contributed by atoms with Gasteiger partial charge in [0.25, 0.3) is 5.91 Å². The third-order valence-corrected chi connectivity index (χ3v) is 3.61. The molecule has 3 N–H and O–H groups in total. The molecule has 0 saturated heterocycles. The molecule has 24 heavy (non-hydrogen) atoms. The quantitative estimate of drug-likeness (QED) is 0.588. The number of amides is 2. The molecule has 1 aromatic heterocycles. The van der Waals surface area contributed by atoms with E-state index in [0.29, 0.717) is 5.56 Å². The van der Waals surface area contributed by atoms with Gasteiger partial charge in [0, 0.05) is 24.2 Å². The van der Waals surface area contributed by atoms with Crippen LogP contribution in [0.25, 0.3) is 11.1 Å². The zero-order valence-electron chi connectivity index (χ0n) is 14.2. The Morgan fingerprint density at radius 2 is 1.79 bits per heavy atom. The molecule has 0 unspecified atom stereocenters. The predicted molar refractivity (Wildman–Crippen MR) is 88.9 cm³/mol. The summed E-state index contributed by atoms with van der Waals surface area (Å²) in [6, 6.07) is 6.20. The van der Waals surface area contributed by atoms with E-state index in [1.807, 2.05) is 25.4 Å². The molecule has 1 atom stereocenters. The van der Waals surface area contributed by atoms with Gasteiger partial charge < -0.3 is 5.32 Å². The largest absolute Gasteiger partial charge is 0.340 e. The number of hydrogen-bond donors (Lipinski definition) is 3. The van der Waals surface area contributed by atoms with Crippen LogP contribution in [0.15, 0.2) is 36.7 Å². The average Bonchev–Trinajstić information content (AvgIpc) is 2.97. The molecule has 1 heterocycles. The highest BCUT2D eigenvalue weighted by Crippen LogP contribution is 2.23. The van der Waals surface area contributed by atoms with Crippen molar-refractivity contribution < 1.29 is 14.8 Å². The lowest BCUT2D eigenvalue weighted by Gasteiger charge is -2.23. The SMILES string of the molecule is Cn1cc(-c2ccc([C@@H](NC(=O)C(C)(C)C)C(=O)NO)cc2)cn1. The third kappa shape index (κ3) is 3.99. The summed E-state index contributed by atoms with van der Waals surface area (Å²) >= 11 is 0. The monoisotopic (exact) mass is 330 g/mol. The second-order valence-corrected chi connectivity index (χ2v) is 6.66. The summed E-state index contributed by atoms with van der Waals surface area (Å²) in [5.74, 6) is -0.978. The van der Waals surface area contributed by atoms with Gasteiger partial charge in [0.2, 0.25) is 5.91 Å². The van der Waals surface area contributed by atoms with Crippen LogP contribution in [0.3, 0.4) is 0 Å². The standard InChI is InChI=1S/C17H22N4O3/c1-17(2,3)16(23)19-14(15(22)20-24)12-7-5-11(6-8-12)13-9-18-21(4)10-13/h5-10,14,24H,1-4H3,(H,19,23)(H,20,22)/t14-/m1/s1. The first kappa shape index (κ1) is 17.7. The molecule has 0 aliphatic carbocycles. The number of hydroxylamine groups is 1. The van der Waals surface area contributed by atoms with Crippen molar-refractivity contribution in [2.45, 2.75) is 26.8 Å². The molecular weight excluding hydrogens is 308 g/mol. The Labute approximate surface area is 140 Å². The normalized spacial score (nSPS) is 12.5. The van der Waals surface area contributed by atoms with Crippen LogP contribution in [0.1, 0.15) is 32.4 Å². The summed E-state index contributed by atoms with van der Waals surface area (Å²) in [7, 11) is 1.83. The maximum absolute atomic E-state index is 12.2. The van der Waals surface area contributed by atoms with Gasteiger partial charge in [0.1, 0.15) is 6.04 Å². The molecule has 7 nitrogen and oxygen atoms in total. The summed E-state index contributed by atoms with van der Waals surface area (Å²) in [5, 5.41) is 15.7. The van der Waals surface area contributed by atoms with E-state index in [1.165, 1.54) is 0 Å². The molecule has 0 aliphatic heterocycles. The van der Waals surface area contributed by atoms with Crippen LogP contribution >= 0.6 is 0 Å². The maximum Gasteiger partial charge on any atom is 0.270 e. The smallest absolute Gasteiger partial charge is 0.270 e. The molecule has 2 rings (SSSR count). The molecular formula is C17H22N4O3. The Balaban J connectivity index is 2.26. The number of nitrogens with one attached hydrogen (secondary N) is 2. The lowest BCUT2D eigenvalue weighted by Crippen LogP contribution is -2.43. The van der Waals surface area contributed by atoms with Gasteiger partial charge in [-0.15, -0.1) is 0 Å². The topological polar surface area (TPSA) is 96.2 Å². The zero-order chi connectivity index (χ0) is 17.9. The Hall–Kier alpha value is -2.67. The highest BCUT2D eigenvalue weighted by molar-refractivity contribution is 5.90. The molecule has 2 amide bonds. The van der Waals surface area contributed by atoms with Crippen LogP contribution < -0.4 is 10.8 Å². The minimum Gasteiger partial charge on any atom is -0.340 e.